The Kier molecular flexibility index (Phi) is 5.56. The first kappa shape index (κ1) is 21.2. The molecule has 0 aliphatic carbocycles. The van der Waals surface area contributed by atoms with E-state index in [-0.39, 0.29) is 0 Å². The molecule has 33 heavy (non-hydrogen) atoms. The second kappa shape index (κ2) is 8.68. The van der Waals surface area contributed by atoms with E-state index in [1.54, 1.807) is 35.1 Å². The Morgan fingerprint density at radius 3 is 2.58 bits per heavy atom. The summed E-state index contributed by atoms with van der Waals surface area (Å²) >= 11 is 0. The Hall–Kier alpha value is -3.70. The minimum absolute atomic E-state index is 0.432. The van der Waals surface area contributed by atoms with E-state index in [9.17, 15) is 8.42 Å². The number of nitrogens with one attached hydrogen (secondary N) is 3. The Balaban J connectivity index is 1.39. The van der Waals surface area contributed by atoms with E-state index in [0.29, 0.717) is 11.6 Å². The van der Waals surface area contributed by atoms with Crippen LogP contribution in [-0.4, -0.2) is 60.4 Å². The van der Waals surface area contributed by atoms with E-state index >= 15 is 0 Å². The zero-order chi connectivity index (χ0) is 22.8. The summed E-state index contributed by atoms with van der Waals surface area (Å²) < 4.78 is 27.5. The lowest BCUT2D eigenvalue weighted by Gasteiger charge is -2.28. The van der Waals surface area contributed by atoms with Gasteiger partial charge in [0.2, 0.25) is 16.0 Å². The number of benzene rings is 1. The summed E-state index contributed by atoms with van der Waals surface area (Å²) in [6.07, 6.45) is 4.64. The molecule has 0 bridgehead atoms. The van der Waals surface area contributed by atoms with Gasteiger partial charge in [0.15, 0.2) is 0 Å². The van der Waals surface area contributed by atoms with Crippen molar-refractivity contribution in [1.82, 2.24) is 24.9 Å². The highest BCUT2D eigenvalue weighted by Gasteiger charge is 2.12. The maximum Gasteiger partial charge on any atom is 0.245 e. The highest BCUT2D eigenvalue weighted by Crippen LogP contribution is 2.25. The number of sulfonamides is 1. The molecule has 1 aliphatic heterocycles. The van der Waals surface area contributed by atoms with Crippen molar-refractivity contribution in [3.63, 3.8) is 0 Å². The second-order valence-electron chi connectivity index (χ2n) is 7.86. The van der Waals surface area contributed by atoms with E-state index in [4.69, 9.17) is 0 Å². The molecule has 0 amide bonds. The molecule has 3 aromatic heterocycles. The number of rotatable bonds is 6. The average Bonchev–Trinajstić information content (AvgIpc) is 3.23. The molecule has 4 heterocycles. The van der Waals surface area contributed by atoms with Gasteiger partial charge in [-0.2, -0.15) is 0 Å². The molecule has 1 fully saturated rings. The van der Waals surface area contributed by atoms with Crippen LogP contribution in [0.4, 0.5) is 23.1 Å². The quantitative estimate of drug-likeness (QED) is 0.398. The van der Waals surface area contributed by atoms with Crippen molar-refractivity contribution in [2.75, 3.05) is 47.4 Å². The molecule has 1 aliphatic rings. The lowest BCUT2D eigenvalue weighted by molar-refractivity contribution is 0.585. The molecule has 5 rings (SSSR count). The van der Waals surface area contributed by atoms with Gasteiger partial charge in [0.1, 0.15) is 5.82 Å². The van der Waals surface area contributed by atoms with Crippen LogP contribution < -0.4 is 20.3 Å². The zero-order valence-electron chi connectivity index (χ0n) is 18.1. The molecule has 1 aromatic carbocycles. The van der Waals surface area contributed by atoms with Crippen LogP contribution >= 0.6 is 0 Å². The third-order valence-corrected chi connectivity index (χ3v) is 5.91. The van der Waals surface area contributed by atoms with E-state index < -0.39 is 10.0 Å². The molecule has 0 saturated carbocycles. The first-order valence-electron chi connectivity index (χ1n) is 10.6. The van der Waals surface area contributed by atoms with Crippen LogP contribution in [0.25, 0.3) is 16.8 Å². The number of aromatic nitrogens is 4. The van der Waals surface area contributed by atoms with Crippen LogP contribution in [0.15, 0.2) is 60.9 Å². The van der Waals surface area contributed by atoms with Crippen molar-refractivity contribution in [3.8, 4) is 11.3 Å². The van der Waals surface area contributed by atoms with Gasteiger partial charge in [0, 0.05) is 37.4 Å². The van der Waals surface area contributed by atoms with E-state index in [1.807, 2.05) is 30.3 Å². The molecule has 0 spiro atoms. The van der Waals surface area contributed by atoms with Crippen molar-refractivity contribution in [2.45, 2.75) is 0 Å². The summed E-state index contributed by atoms with van der Waals surface area (Å²) in [4.78, 5) is 11.2. The van der Waals surface area contributed by atoms with E-state index in [1.165, 1.54) is 0 Å². The van der Waals surface area contributed by atoms with Gasteiger partial charge in [-0.1, -0.05) is 12.1 Å². The predicted octanol–water partition coefficient (Wildman–Crippen LogP) is 2.32. The topological polar surface area (TPSA) is 117 Å². The van der Waals surface area contributed by atoms with Crippen molar-refractivity contribution in [3.05, 3.63) is 60.9 Å². The third kappa shape index (κ3) is 4.89. The SMILES string of the molecule is CS(=O)(=O)Nc1cccc(-c2ccc3cnc(Nc4ccc(N5CCNCC5)nc4)nn23)c1. The molecule has 11 heteroatoms. The molecular formula is C22H24N8O2S. The van der Waals surface area contributed by atoms with Gasteiger partial charge in [-0.05, 0) is 36.4 Å². The van der Waals surface area contributed by atoms with Gasteiger partial charge >= 0.3 is 0 Å². The predicted molar refractivity (Wildman–Crippen MR) is 129 cm³/mol. The summed E-state index contributed by atoms with van der Waals surface area (Å²) in [5.41, 5.74) is 3.76. The van der Waals surface area contributed by atoms with Gasteiger partial charge in [-0.3, -0.25) is 4.72 Å². The number of pyridine rings is 1. The largest absolute Gasteiger partial charge is 0.354 e. The molecular weight excluding hydrogens is 440 g/mol. The molecule has 10 nitrogen and oxygen atoms in total. The van der Waals surface area contributed by atoms with Crippen molar-refractivity contribution >= 4 is 38.7 Å². The Morgan fingerprint density at radius 1 is 0.970 bits per heavy atom. The van der Waals surface area contributed by atoms with Crippen LogP contribution in [0.5, 0.6) is 0 Å². The lowest BCUT2D eigenvalue weighted by Crippen LogP contribution is -2.43. The maximum absolute atomic E-state index is 11.6. The van der Waals surface area contributed by atoms with E-state index in [2.05, 4.69) is 35.3 Å². The fourth-order valence-corrected chi connectivity index (χ4v) is 4.36. The molecule has 4 aromatic rings. The lowest BCUT2D eigenvalue weighted by atomic mass is 10.1. The van der Waals surface area contributed by atoms with Gasteiger partial charge in [-0.15, -0.1) is 5.10 Å². The van der Waals surface area contributed by atoms with Crippen molar-refractivity contribution < 1.29 is 8.42 Å². The number of fused-ring (bicyclic) bond motifs is 1. The maximum atomic E-state index is 11.6. The van der Waals surface area contributed by atoms with E-state index in [0.717, 1.165) is 60.7 Å². The Labute approximate surface area is 191 Å². The number of hydrogen-bond acceptors (Lipinski definition) is 8. The summed E-state index contributed by atoms with van der Waals surface area (Å²) in [7, 11) is -3.36. The van der Waals surface area contributed by atoms with Gasteiger partial charge in [0.25, 0.3) is 0 Å². The highest BCUT2D eigenvalue weighted by molar-refractivity contribution is 7.92. The third-order valence-electron chi connectivity index (χ3n) is 5.31. The van der Waals surface area contributed by atoms with Crippen LogP contribution in [0.2, 0.25) is 0 Å². The summed E-state index contributed by atoms with van der Waals surface area (Å²) in [6, 6.07) is 15.0. The van der Waals surface area contributed by atoms with Crippen molar-refractivity contribution in [2.24, 2.45) is 0 Å². The Bertz CT molecular complexity index is 1380. The van der Waals surface area contributed by atoms with Crippen LogP contribution in [-0.2, 0) is 10.0 Å². The minimum Gasteiger partial charge on any atom is -0.354 e. The number of anilines is 4. The summed E-state index contributed by atoms with van der Waals surface area (Å²) in [5, 5.41) is 11.2. The molecule has 0 unspecified atom stereocenters. The van der Waals surface area contributed by atoms with Crippen LogP contribution in [0, 0.1) is 0 Å². The standard InChI is InChI=1S/C22H24N8O2S/c1-33(31,32)28-17-4-2-3-16(13-17)20-7-6-19-15-25-22(27-30(19)20)26-18-5-8-21(24-14-18)29-11-9-23-10-12-29/h2-8,13-15,23,28H,9-12H2,1H3,(H,26,27). The van der Waals surface area contributed by atoms with Gasteiger partial charge in [0.05, 0.1) is 35.5 Å². The first-order valence-corrected chi connectivity index (χ1v) is 12.5. The number of piperazine rings is 1. The van der Waals surface area contributed by atoms with Gasteiger partial charge < -0.3 is 15.5 Å². The summed E-state index contributed by atoms with van der Waals surface area (Å²) in [6.45, 7) is 3.80. The molecule has 1 saturated heterocycles. The Morgan fingerprint density at radius 2 is 1.82 bits per heavy atom. The minimum atomic E-state index is -3.36. The fraction of sp³-hybridized carbons (Fsp3) is 0.227. The van der Waals surface area contributed by atoms with Crippen LogP contribution in [0.3, 0.4) is 0 Å². The fourth-order valence-electron chi connectivity index (χ4n) is 3.80. The smallest absolute Gasteiger partial charge is 0.245 e. The summed E-state index contributed by atoms with van der Waals surface area (Å²) in [5.74, 6) is 1.38. The normalized spacial score (nSPS) is 14.4. The second-order valence-corrected chi connectivity index (χ2v) is 9.61. The van der Waals surface area contributed by atoms with Crippen molar-refractivity contribution in [1.29, 1.82) is 0 Å². The molecule has 0 atom stereocenters. The van der Waals surface area contributed by atoms with Crippen LogP contribution in [0.1, 0.15) is 0 Å². The average molecular weight is 465 g/mol. The molecule has 3 N–H and O–H groups in total. The van der Waals surface area contributed by atoms with Gasteiger partial charge in [-0.25, -0.2) is 22.9 Å². The highest BCUT2D eigenvalue weighted by atomic mass is 32.2. The number of nitrogens with zero attached hydrogens (tertiary/aromatic N) is 5. The zero-order valence-corrected chi connectivity index (χ0v) is 18.9. The molecule has 0 radical (unpaired) electrons. The number of hydrogen-bond donors (Lipinski definition) is 3. The monoisotopic (exact) mass is 464 g/mol. The molecule has 170 valence electrons. The first-order chi connectivity index (χ1) is 15.9.